The van der Waals surface area contributed by atoms with Gasteiger partial charge < -0.3 is 4.74 Å². The Hall–Kier alpha value is -0.120. The summed E-state index contributed by atoms with van der Waals surface area (Å²) in [5, 5.41) is 0. The van der Waals surface area contributed by atoms with Crippen LogP contribution >= 0.6 is 23.2 Å². The highest BCUT2D eigenvalue weighted by Crippen LogP contribution is 2.34. The Morgan fingerprint density at radius 2 is 1.22 bits per heavy atom. The van der Waals surface area contributed by atoms with Crippen LogP contribution in [-0.2, 0) is 14.3 Å². The minimum absolute atomic E-state index is 0.415. The second-order valence-corrected chi connectivity index (χ2v) is 9.21. The number of hydrogen-bond acceptors (Lipinski definition) is 3. The van der Waals surface area contributed by atoms with E-state index in [9.17, 15) is 9.59 Å². The van der Waals surface area contributed by atoms with E-state index in [1.165, 1.54) is 0 Å². The van der Waals surface area contributed by atoms with Crippen LogP contribution < -0.4 is 0 Å². The molecule has 0 radical (unpaired) electrons. The van der Waals surface area contributed by atoms with E-state index in [0.717, 1.165) is 90.3 Å². The molecule has 0 aromatic rings. The third kappa shape index (κ3) is 8.41. The van der Waals surface area contributed by atoms with Crippen LogP contribution in [-0.4, -0.2) is 36.5 Å². The van der Waals surface area contributed by atoms with Crippen molar-refractivity contribution in [3.63, 3.8) is 0 Å². The Morgan fingerprint density at radius 3 is 1.59 bits per heavy atom. The molecule has 2 unspecified atom stereocenters. The van der Waals surface area contributed by atoms with Gasteiger partial charge in [-0.05, 0) is 75.0 Å². The van der Waals surface area contributed by atoms with E-state index in [4.69, 9.17) is 27.9 Å². The summed E-state index contributed by atoms with van der Waals surface area (Å²) >= 11 is 12.0. The number of ether oxygens (including phenoxy) is 1. The number of halogens is 2. The van der Waals surface area contributed by atoms with Gasteiger partial charge in [0, 0.05) is 50.7 Å². The lowest BCUT2D eigenvalue weighted by atomic mass is 9.77. The highest BCUT2D eigenvalue weighted by atomic mass is 35.5. The molecule has 3 nitrogen and oxygen atoms in total. The quantitative estimate of drug-likeness (QED) is 0.297. The molecular formula is C22H36Cl2O3. The average Bonchev–Trinajstić information content (AvgIpc) is 2.66. The molecule has 156 valence electrons. The standard InChI is InChI=1S/C22H36Cl2O3/c23-11-7-17(19-3-1-5-21(25)15-19)9-13-27-14-10-18(8-12-24)20-4-2-6-22(26)16-20/h17-20H,1-16H2/t17-,18-,19?,20?/m1/s1. The van der Waals surface area contributed by atoms with Gasteiger partial charge >= 0.3 is 0 Å². The summed E-state index contributed by atoms with van der Waals surface area (Å²) in [6.07, 6.45) is 11.3. The molecule has 2 aliphatic rings. The first kappa shape index (κ1) is 23.2. The molecule has 2 aliphatic carbocycles. The maximum atomic E-state index is 11.8. The van der Waals surface area contributed by atoms with Crippen molar-refractivity contribution in [3.05, 3.63) is 0 Å². The van der Waals surface area contributed by atoms with Gasteiger partial charge in [0.15, 0.2) is 0 Å². The molecule has 0 bridgehead atoms. The zero-order valence-corrected chi connectivity index (χ0v) is 18.1. The highest BCUT2D eigenvalue weighted by Gasteiger charge is 2.28. The molecule has 5 heteroatoms. The van der Waals surface area contributed by atoms with Gasteiger partial charge in [-0.25, -0.2) is 0 Å². The lowest BCUT2D eigenvalue weighted by molar-refractivity contribution is -0.123. The molecule has 2 fully saturated rings. The predicted molar refractivity (Wildman–Crippen MR) is 112 cm³/mol. The zero-order chi connectivity index (χ0) is 19.5. The first-order valence-corrected chi connectivity index (χ1v) is 11.9. The largest absolute Gasteiger partial charge is 0.381 e. The van der Waals surface area contributed by atoms with Crippen molar-refractivity contribution in [3.8, 4) is 0 Å². The number of alkyl halides is 2. The lowest BCUT2D eigenvalue weighted by Crippen LogP contribution is -2.25. The molecule has 0 heterocycles. The Morgan fingerprint density at radius 1 is 0.778 bits per heavy atom. The fraction of sp³-hybridized carbons (Fsp3) is 0.909. The third-order valence-corrected chi connectivity index (χ3v) is 7.04. The maximum absolute atomic E-state index is 11.8. The monoisotopic (exact) mass is 418 g/mol. The van der Waals surface area contributed by atoms with Gasteiger partial charge in [-0.1, -0.05) is 0 Å². The lowest BCUT2D eigenvalue weighted by Gasteiger charge is -2.30. The summed E-state index contributed by atoms with van der Waals surface area (Å²) in [6.45, 7) is 1.48. The summed E-state index contributed by atoms with van der Waals surface area (Å²) in [5.41, 5.74) is 0. The van der Waals surface area contributed by atoms with E-state index >= 15 is 0 Å². The van der Waals surface area contributed by atoms with Crippen LogP contribution in [0.3, 0.4) is 0 Å². The smallest absolute Gasteiger partial charge is 0.133 e. The van der Waals surface area contributed by atoms with Crippen molar-refractivity contribution < 1.29 is 14.3 Å². The van der Waals surface area contributed by atoms with Gasteiger partial charge in [-0.3, -0.25) is 9.59 Å². The van der Waals surface area contributed by atoms with Crippen LogP contribution in [0.5, 0.6) is 0 Å². The van der Waals surface area contributed by atoms with Gasteiger partial charge in [0.1, 0.15) is 11.6 Å². The Kier molecular flexibility index (Phi) is 11.3. The van der Waals surface area contributed by atoms with Gasteiger partial charge in [0.2, 0.25) is 0 Å². The fourth-order valence-electron chi connectivity index (χ4n) is 5.00. The molecule has 0 saturated heterocycles. The van der Waals surface area contributed by atoms with Crippen molar-refractivity contribution in [1.82, 2.24) is 0 Å². The van der Waals surface area contributed by atoms with E-state index in [1.54, 1.807) is 0 Å². The van der Waals surface area contributed by atoms with Crippen LogP contribution in [0.15, 0.2) is 0 Å². The van der Waals surface area contributed by atoms with Crippen molar-refractivity contribution in [2.45, 2.75) is 77.0 Å². The molecular weight excluding hydrogens is 383 g/mol. The summed E-state index contributed by atoms with van der Waals surface area (Å²) in [7, 11) is 0. The van der Waals surface area contributed by atoms with Crippen molar-refractivity contribution >= 4 is 34.8 Å². The highest BCUT2D eigenvalue weighted by molar-refractivity contribution is 6.18. The molecule has 0 N–H and O–H groups in total. The van der Waals surface area contributed by atoms with Gasteiger partial charge in [-0.2, -0.15) is 0 Å². The molecule has 0 spiro atoms. The summed E-state index contributed by atoms with van der Waals surface area (Å²) in [4.78, 5) is 23.5. The number of carbonyl (C=O) groups excluding carboxylic acids is 2. The SMILES string of the molecule is O=C1CCCC([C@H](CCCl)CCOCC[C@@H](CCCl)C2CCCC(=O)C2)C1. The number of hydrogen-bond donors (Lipinski definition) is 0. The summed E-state index contributed by atoms with van der Waals surface area (Å²) in [6, 6.07) is 0. The van der Waals surface area contributed by atoms with E-state index in [2.05, 4.69) is 0 Å². The first-order valence-electron chi connectivity index (χ1n) is 10.9. The number of rotatable bonds is 12. The normalized spacial score (nSPS) is 26.1. The molecule has 0 aliphatic heterocycles. The molecule has 27 heavy (non-hydrogen) atoms. The van der Waals surface area contributed by atoms with Crippen LogP contribution in [0.2, 0.25) is 0 Å². The van der Waals surface area contributed by atoms with Crippen LogP contribution in [0.1, 0.15) is 77.0 Å². The Balaban J connectivity index is 1.69. The number of carbonyl (C=O) groups is 2. The second kappa shape index (κ2) is 13.2. The summed E-state index contributed by atoms with van der Waals surface area (Å²) < 4.78 is 5.97. The molecule has 2 saturated carbocycles. The second-order valence-electron chi connectivity index (χ2n) is 8.46. The third-order valence-electron chi connectivity index (χ3n) is 6.60. The fourth-order valence-corrected chi connectivity index (χ4v) is 5.56. The van der Waals surface area contributed by atoms with Crippen LogP contribution in [0, 0.1) is 23.7 Å². The maximum Gasteiger partial charge on any atom is 0.133 e. The van der Waals surface area contributed by atoms with Crippen molar-refractivity contribution in [1.29, 1.82) is 0 Å². The van der Waals surface area contributed by atoms with Gasteiger partial charge in [-0.15, -0.1) is 23.2 Å². The molecule has 4 atom stereocenters. The van der Waals surface area contributed by atoms with E-state index in [0.29, 0.717) is 47.0 Å². The van der Waals surface area contributed by atoms with Gasteiger partial charge in [0.05, 0.1) is 0 Å². The van der Waals surface area contributed by atoms with E-state index in [-0.39, 0.29) is 0 Å². The molecule has 0 amide bonds. The molecule has 0 aromatic heterocycles. The Bertz CT molecular complexity index is 415. The van der Waals surface area contributed by atoms with Crippen LogP contribution in [0.25, 0.3) is 0 Å². The topological polar surface area (TPSA) is 43.4 Å². The van der Waals surface area contributed by atoms with Crippen molar-refractivity contribution in [2.75, 3.05) is 25.0 Å². The van der Waals surface area contributed by atoms with E-state index < -0.39 is 0 Å². The molecule has 0 aromatic carbocycles. The number of Topliss-reactive ketones (excluding diaryl/α,β-unsaturated/α-hetero) is 2. The molecule has 2 rings (SSSR count). The first-order chi connectivity index (χ1) is 13.1. The Labute approximate surface area is 174 Å². The minimum Gasteiger partial charge on any atom is -0.381 e. The zero-order valence-electron chi connectivity index (χ0n) is 16.6. The van der Waals surface area contributed by atoms with Gasteiger partial charge in [0.25, 0.3) is 0 Å². The number of ketones is 2. The summed E-state index contributed by atoms with van der Waals surface area (Å²) in [5.74, 6) is 4.13. The van der Waals surface area contributed by atoms with Crippen molar-refractivity contribution in [2.24, 2.45) is 23.7 Å². The van der Waals surface area contributed by atoms with E-state index in [1.807, 2.05) is 0 Å². The van der Waals surface area contributed by atoms with Crippen LogP contribution in [0.4, 0.5) is 0 Å². The minimum atomic E-state index is 0.415. The average molecular weight is 419 g/mol. The predicted octanol–water partition coefficient (Wildman–Crippen LogP) is 5.79.